The number of carbonyl (C=O) groups excluding carboxylic acids is 2. The Kier molecular flexibility index (Phi) is 12.0. The second-order valence-corrected chi connectivity index (χ2v) is 13.5. The molecule has 0 aliphatic heterocycles. The van der Waals surface area contributed by atoms with Crippen molar-refractivity contribution in [2.45, 2.75) is 51.6 Å². The number of nitrogens with zero attached hydrogens (tertiary/aromatic N) is 2. The van der Waals surface area contributed by atoms with E-state index < -0.39 is 28.5 Å². The Labute approximate surface area is 273 Å². The first-order valence-electron chi connectivity index (χ1n) is 15.6. The normalized spacial score (nSPS) is 11.9. The van der Waals surface area contributed by atoms with Gasteiger partial charge >= 0.3 is 0 Å². The van der Waals surface area contributed by atoms with Crippen molar-refractivity contribution < 1.29 is 22.7 Å². The van der Waals surface area contributed by atoms with E-state index in [9.17, 15) is 18.0 Å². The van der Waals surface area contributed by atoms with E-state index in [0.29, 0.717) is 24.6 Å². The third-order valence-electron chi connectivity index (χ3n) is 7.44. The minimum absolute atomic E-state index is 0.0216. The lowest BCUT2D eigenvalue weighted by Crippen LogP contribution is -2.53. The first-order valence-corrected chi connectivity index (χ1v) is 17.0. The standard InChI is InChI=1S/C37H43N3O5S/c1-5-45-33-19-21-34(22-20-33)46(43,44)40(32-17-10-7-11-18-32)27-36(41)39(26-31-16-12-13-29(4)23-31)35(37(42)38-25-28(2)3)24-30-14-8-6-9-15-30/h6-23,28,35H,5,24-27H2,1-4H3,(H,38,42). The van der Waals surface area contributed by atoms with Crippen molar-refractivity contribution >= 4 is 27.5 Å². The van der Waals surface area contributed by atoms with Crippen LogP contribution in [0.5, 0.6) is 5.75 Å². The lowest BCUT2D eigenvalue weighted by Gasteiger charge is -2.34. The van der Waals surface area contributed by atoms with E-state index in [1.165, 1.54) is 17.0 Å². The third kappa shape index (κ3) is 9.20. The molecule has 8 nitrogen and oxygen atoms in total. The summed E-state index contributed by atoms with van der Waals surface area (Å²) in [6.07, 6.45) is 0.263. The van der Waals surface area contributed by atoms with Gasteiger partial charge in [0.2, 0.25) is 11.8 Å². The number of para-hydroxylation sites is 1. The van der Waals surface area contributed by atoms with Gasteiger partial charge < -0.3 is 15.0 Å². The van der Waals surface area contributed by atoms with Crippen LogP contribution < -0.4 is 14.4 Å². The van der Waals surface area contributed by atoms with Crippen LogP contribution in [-0.4, -0.2) is 50.9 Å². The molecule has 0 radical (unpaired) electrons. The van der Waals surface area contributed by atoms with Gasteiger partial charge in [-0.3, -0.25) is 13.9 Å². The molecule has 242 valence electrons. The van der Waals surface area contributed by atoms with Crippen molar-refractivity contribution in [2.24, 2.45) is 5.92 Å². The first kappa shape index (κ1) is 34.2. The van der Waals surface area contributed by atoms with Crippen LogP contribution >= 0.6 is 0 Å². The Morgan fingerprint density at radius 1 is 0.826 bits per heavy atom. The molecule has 0 aromatic heterocycles. The summed E-state index contributed by atoms with van der Waals surface area (Å²) in [4.78, 5) is 29.9. The molecular weight excluding hydrogens is 598 g/mol. The number of rotatable bonds is 15. The largest absolute Gasteiger partial charge is 0.494 e. The van der Waals surface area contributed by atoms with Crippen molar-refractivity contribution in [3.8, 4) is 5.75 Å². The Morgan fingerprint density at radius 2 is 1.46 bits per heavy atom. The predicted molar refractivity (Wildman–Crippen MR) is 182 cm³/mol. The van der Waals surface area contributed by atoms with Crippen LogP contribution in [0.25, 0.3) is 0 Å². The van der Waals surface area contributed by atoms with Crippen molar-refractivity contribution in [3.05, 3.63) is 126 Å². The van der Waals surface area contributed by atoms with Crippen molar-refractivity contribution in [1.82, 2.24) is 10.2 Å². The number of ether oxygens (including phenoxy) is 1. The molecule has 4 aromatic carbocycles. The number of sulfonamides is 1. The van der Waals surface area contributed by atoms with Gasteiger partial charge in [-0.25, -0.2) is 8.42 Å². The Hall–Kier alpha value is -4.63. The number of hydrogen-bond donors (Lipinski definition) is 1. The summed E-state index contributed by atoms with van der Waals surface area (Å²) >= 11 is 0. The van der Waals surface area contributed by atoms with E-state index in [4.69, 9.17) is 4.74 Å². The van der Waals surface area contributed by atoms with E-state index in [0.717, 1.165) is 21.0 Å². The molecule has 4 aromatic rings. The minimum atomic E-state index is -4.19. The summed E-state index contributed by atoms with van der Waals surface area (Å²) in [7, 11) is -4.19. The lowest BCUT2D eigenvalue weighted by atomic mass is 10.0. The first-order chi connectivity index (χ1) is 22.1. The smallest absolute Gasteiger partial charge is 0.264 e. The average molecular weight is 642 g/mol. The van der Waals surface area contributed by atoms with Gasteiger partial charge in [0.15, 0.2) is 0 Å². The maximum atomic E-state index is 14.5. The number of anilines is 1. The Bertz CT molecular complexity index is 1680. The van der Waals surface area contributed by atoms with E-state index in [1.54, 1.807) is 42.5 Å². The van der Waals surface area contributed by atoms with Gasteiger partial charge in [0.25, 0.3) is 10.0 Å². The number of amides is 2. The molecule has 0 fully saturated rings. The zero-order chi connectivity index (χ0) is 33.1. The van der Waals surface area contributed by atoms with Crippen LogP contribution in [0, 0.1) is 12.8 Å². The van der Waals surface area contributed by atoms with Crippen LogP contribution in [0.3, 0.4) is 0 Å². The summed E-state index contributed by atoms with van der Waals surface area (Å²) in [5.41, 5.74) is 3.07. The molecule has 1 atom stereocenters. The van der Waals surface area contributed by atoms with Crippen molar-refractivity contribution in [3.63, 3.8) is 0 Å². The quantitative estimate of drug-likeness (QED) is 0.172. The van der Waals surface area contributed by atoms with Crippen molar-refractivity contribution in [2.75, 3.05) is 24.0 Å². The SMILES string of the molecule is CCOc1ccc(S(=O)(=O)N(CC(=O)N(Cc2cccc(C)c2)C(Cc2ccccc2)C(=O)NCC(C)C)c2ccccc2)cc1. The van der Waals surface area contributed by atoms with E-state index in [-0.39, 0.29) is 29.7 Å². The third-order valence-corrected chi connectivity index (χ3v) is 9.22. The number of carbonyl (C=O) groups is 2. The summed E-state index contributed by atoms with van der Waals surface area (Å²) in [6.45, 7) is 8.34. The van der Waals surface area contributed by atoms with Crippen LogP contribution in [0.1, 0.15) is 37.5 Å². The van der Waals surface area contributed by atoms with Gasteiger partial charge in [0.1, 0.15) is 18.3 Å². The second kappa shape index (κ2) is 16.1. The summed E-state index contributed by atoms with van der Waals surface area (Å²) in [6, 6.07) is 31.1. The van der Waals surface area contributed by atoms with Crippen LogP contribution in [0.2, 0.25) is 0 Å². The Morgan fingerprint density at radius 3 is 2.07 bits per heavy atom. The second-order valence-electron chi connectivity index (χ2n) is 11.6. The average Bonchev–Trinajstić information content (AvgIpc) is 3.05. The zero-order valence-corrected chi connectivity index (χ0v) is 27.7. The van der Waals surface area contributed by atoms with E-state index in [2.05, 4.69) is 5.32 Å². The minimum Gasteiger partial charge on any atom is -0.494 e. The highest BCUT2D eigenvalue weighted by molar-refractivity contribution is 7.92. The number of hydrogen-bond acceptors (Lipinski definition) is 5. The van der Waals surface area contributed by atoms with Crippen LogP contribution in [0.4, 0.5) is 5.69 Å². The molecule has 9 heteroatoms. The van der Waals surface area contributed by atoms with Crippen LogP contribution in [-0.2, 0) is 32.6 Å². The van der Waals surface area contributed by atoms with E-state index in [1.807, 2.05) is 82.3 Å². The van der Waals surface area contributed by atoms with Crippen molar-refractivity contribution in [1.29, 1.82) is 0 Å². The molecule has 0 aliphatic rings. The summed E-state index contributed by atoms with van der Waals surface area (Å²) in [5.74, 6) is -0.0425. The molecule has 2 amide bonds. The highest BCUT2D eigenvalue weighted by Gasteiger charge is 2.34. The molecule has 0 heterocycles. The Balaban J connectivity index is 1.77. The summed E-state index contributed by atoms with van der Waals surface area (Å²) in [5, 5.41) is 3.02. The fourth-order valence-electron chi connectivity index (χ4n) is 5.11. The van der Waals surface area contributed by atoms with Gasteiger partial charge in [-0.2, -0.15) is 0 Å². The molecule has 0 spiro atoms. The fourth-order valence-corrected chi connectivity index (χ4v) is 6.52. The molecule has 1 unspecified atom stereocenters. The monoisotopic (exact) mass is 641 g/mol. The molecule has 0 bridgehead atoms. The zero-order valence-electron chi connectivity index (χ0n) is 26.9. The van der Waals surface area contributed by atoms with Gasteiger partial charge in [-0.05, 0) is 67.3 Å². The number of aryl methyl sites for hydroxylation is 1. The highest BCUT2D eigenvalue weighted by atomic mass is 32.2. The maximum Gasteiger partial charge on any atom is 0.264 e. The van der Waals surface area contributed by atoms with Gasteiger partial charge in [0.05, 0.1) is 17.2 Å². The molecule has 46 heavy (non-hydrogen) atoms. The van der Waals surface area contributed by atoms with E-state index >= 15 is 0 Å². The molecular formula is C37H43N3O5S. The molecule has 0 saturated carbocycles. The molecule has 4 rings (SSSR count). The topological polar surface area (TPSA) is 96.0 Å². The molecule has 0 aliphatic carbocycles. The van der Waals surface area contributed by atoms with Gasteiger partial charge in [0, 0.05) is 19.5 Å². The predicted octanol–water partition coefficient (Wildman–Crippen LogP) is 6.00. The number of nitrogens with one attached hydrogen (secondary N) is 1. The van der Waals surface area contributed by atoms with Gasteiger partial charge in [-0.15, -0.1) is 0 Å². The van der Waals surface area contributed by atoms with Gasteiger partial charge in [-0.1, -0.05) is 92.2 Å². The highest BCUT2D eigenvalue weighted by Crippen LogP contribution is 2.26. The maximum absolute atomic E-state index is 14.5. The lowest BCUT2D eigenvalue weighted by molar-refractivity contribution is -0.140. The molecule has 1 N–H and O–H groups in total. The molecule has 0 saturated heterocycles. The number of benzene rings is 4. The van der Waals surface area contributed by atoms with Crippen LogP contribution in [0.15, 0.2) is 114 Å². The summed E-state index contributed by atoms with van der Waals surface area (Å²) < 4.78 is 35.0. The fraction of sp³-hybridized carbons (Fsp3) is 0.297.